The molecule has 0 amide bonds. The Morgan fingerprint density at radius 2 is 2.18 bits per heavy atom. The fraction of sp³-hybridized carbons (Fsp3) is 1.00. The number of hydrogen-bond acceptors (Lipinski definition) is 4. The molecule has 1 rings (SSSR count). The predicted octanol–water partition coefficient (Wildman–Crippen LogP) is 0.427. The largest absolute Gasteiger partial charge is 0.377 e. The van der Waals surface area contributed by atoms with Crippen molar-refractivity contribution >= 4 is 10.0 Å². The van der Waals surface area contributed by atoms with Gasteiger partial charge >= 0.3 is 0 Å². The zero-order valence-electron chi connectivity index (χ0n) is 10.8. The summed E-state index contributed by atoms with van der Waals surface area (Å²) in [4.78, 5) is 0. The molecule has 17 heavy (non-hydrogen) atoms. The van der Waals surface area contributed by atoms with Gasteiger partial charge in [0.1, 0.15) is 0 Å². The van der Waals surface area contributed by atoms with E-state index in [-0.39, 0.29) is 11.9 Å². The van der Waals surface area contributed by atoms with Crippen molar-refractivity contribution in [3.63, 3.8) is 0 Å². The van der Waals surface area contributed by atoms with Gasteiger partial charge in [0, 0.05) is 26.2 Å². The van der Waals surface area contributed by atoms with Crippen LogP contribution in [-0.2, 0) is 14.8 Å². The average molecular weight is 264 g/mol. The Morgan fingerprint density at radius 3 is 2.71 bits per heavy atom. The molecule has 1 unspecified atom stereocenters. The van der Waals surface area contributed by atoms with Gasteiger partial charge in [0.25, 0.3) is 0 Å². The molecule has 1 atom stereocenters. The van der Waals surface area contributed by atoms with Crippen LogP contribution in [0.1, 0.15) is 26.7 Å². The molecule has 1 heterocycles. The lowest BCUT2D eigenvalue weighted by Gasteiger charge is -2.23. The second kappa shape index (κ2) is 7.31. The number of ether oxygens (including phenoxy) is 1. The number of hydrogen-bond donors (Lipinski definition) is 1. The summed E-state index contributed by atoms with van der Waals surface area (Å²) in [5.41, 5.74) is 0. The van der Waals surface area contributed by atoms with Crippen molar-refractivity contribution in [1.29, 1.82) is 0 Å². The average Bonchev–Trinajstić information content (AvgIpc) is 2.78. The van der Waals surface area contributed by atoms with Crippen LogP contribution in [0.2, 0.25) is 0 Å². The quantitative estimate of drug-likeness (QED) is 0.646. The molecule has 1 aliphatic rings. The van der Waals surface area contributed by atoms with Crippen molar-refractivity contribution in [2.75, 3.05) is 38.5 Å². The van der Waals surface area contributed by atoms with Gasteiger partial charge in [-0.15, -0.1) is 0 Å². The molecular formula is C11H24N2O3S. The molecule has 1 aliphatic heterocycles. The monoisotopic (exact) mass is 264 g/mol. The highest BCUT2D eigenvalue weighted by molar-refractivity contribution is 7.89. The topological polar surface area (TPSA) is 58.6 Å². The highest BCUT2D eigenvalue weighted by atomic mass is 32.2. The number of sulfonamides is 1. The molecule has 0 saturated carbocycles. The number of rotatable bonds is 8. The Labute approximate surface area is 105 Å². The summed E-state index contributed by atoms with van der Waals surface area (Å²) in [7, 11) is -3.14. The summed E-state index contributed by atoms with van der Waals surface area (Å²) in [5, 5.41) is 3.04. The van der Waals surface area contributed by atoms with Gasteiger partial charge in [0.15, 0.2) is 0 Å². The van der Waals surface area contributed by atoms with Crippen LogP contribution in [-0.4, -0.2) is 57.4 Å². The molecular weight excluding hydrogens is 240 g/mol. The van der Waals surface area contributed by atoms with Crippen LogP contribution in [0.4, 0.5) is 0 Å². The Balaban J connectivity index is 2.46. The molecule has 6 heteroatoms. The summed E-state index contributed by atoms with van der Waals surface area (Å²) in [6.45, 7) is 6.95. The van der Waals surface area contributed by atoms with Crippen LogP contribution >= 0.6 is 0 Å². The first-order chi connectivity index (χ1) is 8.10. The highest BCUT2D eigenvalue weighted by Crippen LogP contribution is 2.15. The lowest BCUT2D eigenvalue weighted by Crippen LogP contribution is -2.40. The number of nitrogens with zero attached hydrogens (tertiary/aromatic N) is 1. The smallest absolute Gasteiger partial charge is 0.215 e. The van der Waals surface area contributed by atoms with Crippen LogP contribution in [0.15, 0.2) is 0 Å². The molecule has 102 valence electrons. The Kier molecular flexibility index (Phi) is 6.40. The normalized spacial score (nSPS) is 21.2. The maximum absolute atomic E-state index is 12.1. The molecule has 1 saturated heterocycles. The molecule has 0 radical (unpaired) electrons. The highest BCUT2D eigenvalue weighted by Gasteiger charge is 2.25. The van der Waals surface area contributed by atoms with E-state index in [4.69, 9.17) is 4.74 Å². The second-order valence-corrected chi connectivity index (χ2v) is 6.34. The van der Waals surface area contributed by atoms with E-state index >= 15 is 0 Å². The Bertz CT molecular complexity index is 300. The van der Waals surface area contributed by atoms with E-state index in [0.29, 0.717) is 19.6 Å². The van der Waals surface area contributed by atoms with E-state index in [0.717, 1.165) is 26.0 Å². The van der Waals surface area contributed by atoms with Gasteiger partial charge in [-0.25, -0.2) is 8.42 Å². The molecule has 0 aromatic carbocycles. The summed E-state index contributed by atoms with van der Waals surface area (Å²) < 4.78 is 31.1. The third-order valence-electron chi connectivity index (χ3n) is 2.96. The SMILES string of the molecule is CCNCCS(=O)(=O)N(CC)CC1CCCO1. The van der Waals surface area contributed by atoms with Gasteiger partial charge in [0.2, 0.25) is 10.0 Å². The molecule has 1 fully saturated rings. The first-order valence-electron chi connectivity index (χ1n) is 6.40. The molecule has 0 aromatic rings. The van der Waals surface area contributed by atoms with E-state index in [1.54, 1.807) is 4.31 Å². The van der Waals surface area contributed by atoms with Crippen molar-refractivity contribution in [2.45, 2.75) is 32.8 Å². The first kappa shape index (κ1) is 14.9. The van der Waals surface area contributed by atoms with Crippen LogP contribution in [0.3, 0.4) is 0 Å². The summed E-state index contributed by atoms with van der Waals surface area (Å²) in [6.07, 6.45) is 2.10. The van der Waals surface area contributed by atoms with Crippen LogP contribution in [0.25, 0.3) is 0 Å². The zero-order chi connectivity index (χ0) is 12.7. The number of nitrogens with one attached hydrogen (secondary N) is 1. The van der Waals surface area contributed by atoms with Crippen LogP contribution < -0.4 is 5.32 Å². The van der Waals surface area contributed by atoms with E-state index in [2.05, 4.69) is 5.32 Å². The van der Waals surface area contributed by atoms with Gasteiger partial charge in [-0.3, -0.25) is 0 Å². The molecule has 0 bridgehead atoms. The van der Waals surface area contributed by atoms with Gasteiger partial charge < -0.3 is 10.1 Å². The summed E-state index contributed by atoms with van der Waals surface area (Å²) in [5.74, 6) is 0.168. The molecule has 5 nitrogen and oxygen atoms in total. The fourth-order valence-corrected chi connectivity index (χ4v) is 3.41. The fourth-order valence-electron chi connectivity index (χ4n) is 1.96. The lowest BCUT2D eigenvalue weighted by molar-refractivity contribution is 0.0947. The van der Waals surface area contributed by atoms with Gasteiger partial charge in [-0.05, 0) is 19.4 Å². The van der Waals surface area contributed by atoms with Crippen LogP contribution in [0.5, 0.6) is 0 Å². The minimum atomic E-state index is -3.14. The first-order valence-corrected chi connectivity index (χ1v) is 8.01. The van der Waals surface area contributed by atoms with E-state index < -0.39 is 10.0 Å². The van der Waals surface area contributed by atoms with Crippen molar-refractivity contribution in [3.05, 3.63) is 0 Å². The van der Waals surface area contributed by atoms with Crippen molar-refractivity contribution in [1.82, 2.24) is 9.62 Å². The van der Waals surface area contributed by atoms with Gasteiger partial charge in [-0.1, -0.05) is 13.8 Å². The lowest BCUT2D eigenvalue weighted by atomic mass is 10.2. The van der Waals surface area contributed by atoms with E-state index in [1.165, 1.54) is 0 Å². The van der Waals surface area contributed by atoms with Crippen molar-refractivity contribution in [3.8, 4) is 0 Å². The van der Waals surface area contributed by atoms with Gasteiger partial charge in [-0.2, -0.15) is 4.31 Å². The minimum Gasteiger partial charge on any atom is -0.377 e. The molecule has 0 aliphatic carbocycles. The zero-order valence-corrected chi connectivity index (χ0v) is 11.6. The molecule has 0 aromatic heterocycles. The van der Waals surface area contributed by atoms with Crippen LogP contribution in [0, 0.1) is 0 Å². The molecule has 0 spiro atoms. The number of likely N-dealkylation sites (N-methyl/N-ethyl adjacent to an activating group) is 1. The van der Waals surface area contributed by atoms with Crippen molar-refractivity contribution < 1.29 is 13.2 Å². The molecule has 1 N–H and O–H groups in total. The Hall–Kier alpha value is -0.170. The predicted molar refractivity (Wildman–Crippen MR) is 68.6 cm³/mol. The van der Waals surface area contributed by atoms with Gasteiger partial charge in [0.05, 0.1) is 11.9 Å². The maximum atomic E-state index is 12.1. The minimum absolute atomic E-state index is 0.0869. The standard InChI is InChI=1S/C11H24N2O3S/c1-3-12-7-9-17(14,15)13(4-2)10-11-6-5-8-16-11/h11-12H,3-10H2,1-2H3. The van der Waals surface area contributed by atoms with E-state index in [9.17, 15) is 8.42 Å². The summed E-state index contributed by atoms with van der Waals surface area (Å²) >= 11 is 0. The third-order valence-corrected chi connectivity index (χ3v) is 4.88. The second-order valence-electron chi connectivity index (χ2n) is 4.26. The van der Waals surface area contributed by atoms with E-state index in [1.807, 2.05) is 13.8 Å². The summed E-state index contributed by atoms with van der Waals surface area (Å²) in [6, 6.07) is 0. The third kappa shape index (κ3) is 4.91. The Morgan fingerprint density at radius 1 is 1.41 bits per heavy atom. The van der Waals surface area contributed by atoms with Crippen molar-refractivity contribution in [2.24, 2.45) is 0 Å². The maximum Gasteiger partial charge on any atom is 0.215 e.